The van der Waals surface area contributed by atoms with Gasteiger partial charge in [0.15, 0.2) is 0 Å². The normalized spacial score (nSPS) is 10.8. The van der Waals surface area contributed by atoms with Gasteiger partial charge in [-0.05, 0) is 6.92 Å². The number of halogens is 1. The number of terminal acetylenes is 1. The first kappa shape index (κ1) is 17.0. The van der Waals surface area contributed by atoms with Crippen LogP contribution in [0, 0.1) is 12.5 Å². The molecule has 0 aliphatic carbocycles. The Labute approximate surface area is 117 Å². The molecule has 0 spiro atoms. The Bertz CT molecular complexity index is 453. The van der Waals surface area contributed by atoms with Crippen LogP contribution in [0.25, 0.3) is 0 Å². The Hall–Kier alpha value is -2.00. The zero-order valence-electron chi connectivity index (χ0n) is 10.8. The number of amides is 1. The fourth-order valence-electron chi connectivity index (χ4n) is 1.52. The van der Waals surface area contributed by atoms with Crippen LogP contribution >= 0.6 is 12.4 Å². The number of aromatic nitrogens is 2. The van der Waals surface area contributed by atoms with Crippen LogP contribution in [0.5, 0.6) is 0 Å². The molecule has 0 aromatic carbocycles. The molecule has 0 aliphatic rings. The minimum absolute atomic E-state index is 0. The number of nitrogens with zero attached hydrogens (tertiary/aromatic N) is 2. The number of H-pyrrole nitrogens is 1. The topological polar surface area (TPSA) is 75.3 Å². The van der Waals surface area contributed by atoms with Crippen LogP contribution in [-0.4, -0.2) is 39.4 Å². The molecule has 0 bridgehead atoms. The second-order valence-electron chi connectivity index (χ2n) is 3.57. The zero-order chi connectivity index (χ0) is 13.5. The number of hydrogen-bond donors (Lipinski definition) is 1. The van der Waals surface area contributed by atoms with E-state index in [1.807, 2.05) is 0 Å². The van der Waals surface area contributed by atoms with Gasteiger partial charge in [0.1, 0.15) is 6.04 Å². The molecule has 1 N–H and O–H groups in total. The van der Waals surface area contributed by atoms with Gasteiger partial charge >= 0.3 is 5.97 Å². The predicted molar refractivity (Wildman–Crippen MR) is 71.3 cm³/mol. The summed E-state index contributed by atoms with van der Waals surface area (Å²) in [5.41, 5.74) is 0.703. The summed E-state index contributed by atoms with van der Waals surface area (Å²) in [6.07, 6.45) is 8.56. The number of carbonyl (C=O) groups is 2. The summed E-state index contributed by atoms with van der Waals surface area (Å²) >= 11 is 0. The lowest BCUT2D eigenvalue weighted by atomic mass is 10.1. The SMILES string of the molecule is C#CN(C(C)=O)C(Cc1cnc[nH]1)C(=O)OCC.Cl. The average molecular weight is 286 g/mol. The highest BCUT2D eigenvalue weighted by Crippen LogP contribution is 2.08. The smallest absolute Gasteiger partial charge is 0.330 e. The number of rotatable bonds is 5. The quantitative estimate of drug-likeness (QED) is 0.492. The van der Waals surface area contributed by atoms with Crippen molar-refractivity contribution in [3.63, 3.8) is 0 Å². The monoisotopic (exact) mass is 285 g/mol. The van der Waals surface area contributed by atoms with Crippen LogP contribution < -0.4 is 0 Å². The van der Waals surface area contributed by atoms with Crippen molar-refractivity contribution in [3.05, 3.63) is 18.2 Å². The summed E-state index contributed by atoms with van der Waals surface area (Å²) in [6, 6.07) is 1.36. The van der Waals surface area contributed by atoms with E-state index in [0.29, 0.717) is 5.69 Å². The zero-order valence-corrected chi connectivity index (χ0v) is 11.6. The van der Waals surface area contributed by atoms with Gasteiger partial charge in [-0.3, -0.25) is 9.69 Å². The van der Waals surface area contributed by atoms with Gasteiger partial charge in [-0.25, -0.2) is 9.78 Å². The van der Waals surface area contributed by atoms with E-state index in [-0.39, 0.29) is 31.3 Å². The molecule has 1 rings (SSSR count). The number of esters is 1. The summed E-state index contributed by atoms with van der Waals surface area (Å²) < 4.78 is 4.92. The molecule has 0 saturated carbocycles. The van der Waals surface area contributed by atoms with Crippen molar-refractivity contribution in [1.82, 2.24) is 14.9 Å². The van der Waals surface area contributed by atoms with Gasteiger partial charge in [-0.15, -0.1) is 12.4 Å². The highest BCUT2D eigenvalue weighted by atomic mass is 35.5. The summed E-state index contributed by atoms with van der Waals surface area (Å²) in [4.78, 5) is 31.0. The van der Waals surface area contributed by atoms with E-state index >= 15 is 0 Å². The maximum atomic E-state index is 11.8. The Balaban J connectivity index is 0.00000324. The van der Waals surface area contributed by atoms with Crippen LogP contribution in [-0.2, 0) is 20.7 Å². The van der Waals surface area contributed by atoms with Gasteiger partial charge in [0.05, 0.1) is 12.9 Å². The number of hydrogen-bond acceptors (Lipinski definition) is 4. The molecular formula is C12H16ClN3O3. The van der Waals surface area contributed by atoms with Crippen molar-refractivity contribution in [1.29, 1.82) is 0 Å². The number of imidazole rings is 1. The number of carbonyl (C=O) groups excluding carboxylic acids is 2. The van der Waals surface area contributed by atoms with Crippen LogP contribution in [0.1, 0.15) is 19.5 Å². The lowest BCUT2D eigenvalue weighted by Crippen LogP contribution is -2.43. The molecule has 1 aromatic heterocycles. The summed E-state index contributed by atoms with van der Waals surface area (Å²) in [7, 11) is 0. The van der Waals surface area contributed by atoms with Crippen molar-refractivity contribution in [2.24, 2.45) is 0 Å². The Morgan fingerprint density at radius 3 is 2.74 bits per heavy atom. The third-order valence-corrected chi connectivity index (χ3v) is 2.32. The van der Waals surface area contributed by atoms with Gasteiger partial charge in [-0.1, -0.05) is 6.42 Å². The van der Waals surface area contributed by atoms with E-state index in [4.69, 9.17) is 11.2 Å². The standard InChI is InChI=1S/C12H15N3O3.ClH/c1-4-15(9(3)16)11(12(17)18-5-2)6-10-7-13-8-14-10;/h1,7-8,11H,5-6H2,2-3H3,(H,13,14);1H. The second-order valence-corrected chi connectivity index (χ2v) is 3.57. The molecule has 6 nitrogen and oxygen atoms in total. The van der Waals surface area contributed by atoms with E-state index in [2.05, 4.69) is 16.0 Å². The summed E-state index contributed by atoms with van der Waals surface area (Å²) in [5, 5.41) is 0. The van der Waals surface area contributed by atoms with Crippen LogP contribution in [0.2, 0.25) is 0 Å². The van der Waals surface area contributed by atoms with Crippen molar-refractivity contribution >= 4 is 24.3 Å². The van der Waals surface area contributed by atoms with Gasteiger partial charge < -0.3 is 9.72 Å². The Morgan fingerprint density at radius 2 is 2.32 bits per heavy atom. The molecule has 1 amide bonds. The minimum Gasteiger partial charge on any atom is -0.464 e. The second kappa shape index (κ2) is 8.16. The summed E-state index contributed by atoms with van der Waals surface area (Å²) in [6.45, 7) is 3.23. The lowest BCUT2D eigenvalue weighted by Gasteiger charge is -2.23. The Kier molecular flexibility index (Phi) is 7.30. The highest BCUT2D eigenvalue weighted by molar-refractivity contribution is 5.85. The van der Waals surface area contributed by atoms with E-state index in [1.54, 1.807) is 13.1 Å². The van der Waals surface area contributed by atoms with Crippen molar-refractivity contribution < 1.29 is 14.3 Å². The predicted octanol–water partition coefficient (Wildman–Crippen LogP) is 0.745. The van der Waals surface area contributed by atoms with Crippen LogP contribution in [0.4, 0.5) is 0 Å². The fraction of sp³-hybridized carbons (Fsp3) is 0.417. The van der Waals surface area contributed by atoms with Gasteiger partial charge in [0.2, 0.25) is 5.91 Å². The first-order chi connectivity index (χ1) is 8.60. The third-order valence-electron chi connectivity index (χ3n) is 2.32. The molecule has 19 heavy (non-hydrogen) atoms. The molecule has 1 heterocycles. The first-order valence-corrected chi connectivity index (χ1v) is 5.50. The fourth-order valence-corrected chi connectivity index (χ4v) is 1.52. The molecule has 104 valence electrons. The summed E-state index contributed by atoms with van der Waals surface area (Å²) in [5.74, 6) is -0.907. The molecule has 1 unspecified atom stereocenters. The molecule has 1 atom stereocenters. The molecule has 0 aliphatic heterocycles. The van der Waals surface area contributed by atoms with E-state index in [1.165, 1.54) is 13.3 Å². The average Bonchev–Trinajstić information content (AvgIpc) is 2.81. The number of aromatic amines is 1. The Morgan fingerprint density at radius 1 is 1.63 bits per heavy atom. The van der Waals surface area contributed by atoms with Gasteiger partial charge in [-0.2, -0.15) is 0 Å². The molecule has 0 radical (unpaired) electrons. The number of nitrogens with one attached hydrogen (secondary N) is 1. The molecule has 1 aromatic rings. The minimum atomic E-state index is -0.840. The van der Waals surface area contributed by atoms with E-state index in [9.17, 15) is 9.59 Å². The number of ether oxygens (including phenoxy) is 1. The maximum Gasteiger partial charge on any atom is 0.330 e. The van der Waals surface area contributed by atoms with E-state index in [0.717, 1.165) is 4.90 Å². The maximum absolute atomic E-state index is 11.8. The third kappa shape index (κ3) is 4.64. The van der Waals surface area contributed by atoms with Crippen molar-refractivity contribution in [2.75, 3.05) is 6.61 Å². The van der Waals surface area contributed by atoms with Crippen LogP contribution in [0.3, 0.4) is 0 Å². The first-order valence-electron chi connectivity index (χ1n) is 5.50. The van der Waals surface area contributed by atoms with E-state index < -0.39 is 12.0 Å². The molecular weight excluding hydrogens is 270 g/mol. The molecule has 0 fully saturated rings. The van der Waals surface area contributed by atoms with Crippen molar-refractivity contribution in [3.8, 4) is 12.5 Å². The van der Waals surface area contributed by atoms with Gasteiger partial charge in [0.25, 0.3) is 0 Å². The van der Waals surface area contributed by atoms with Crippen molar-refractivity contribution in [2.45, 2.75) is 26.3 Å². The van der Waals surface area contributed by atoms with Gasteiger partial charge in [0, 0.05) is 31.3 Å². The molecule has 7 heteroatoms. The largest absolute Gasteiger partial charge is 0.464 e. The highest BCUT2D eigenvalue weighted by Gasteiger charge is 2.29. The van der Waals surface area contributed by atoms with Crippen LogP contribution in [0.15, 0.2) is 12.5 Å². The molecule has 0 saturated heterocycles. The lowest BCUT2D eigenvalue weighted by molar-refractivity contribution is -0.151.